The minimum absolute atomic E-state index is 0.153. The molecule has 0 fully saturated rings. The first-order valence-electron chi connectivity index (χ1n) is 15.9. The van der Waals surface area contributed by atoms with E-state index in [0.29, 0.717) is 41.0 Å². The molecule has 8 nitrogen and oxygen atoms in total. The van der Waals surface area contributed by atoms with Gasteiger partial charge in [0.1, 0.15) is 11.5 Å². The van der Waals surface area contributed by atoms with E-state index < -0.39 is 17.5 Å². The maximum absolute atomic E-state index is 12.0. The molecule has 0 aliphatic heterocycles. The lowest BCUT2D eigenvalue weighted by molar-refractivity contribution is -0.152. The van der Waals surface area contributed by atoms with E-state index in [2.05, 4.69) is 42.6 Å². The van der Waals surface area contributed by atoms with Gasteiger partial charge in [0, 0.05) is 23.0 Å². The summed E-state index contributed by atoms with van der Waals surface area (Å²) in [7, 11) is 0. The molecular formula is C39H42ClNO7. The molecule has 252 valence electrons. The number of hydrogen-bond acceptors (Lipinski definition) is 5. The Morgan fingerprint density at radius 1 is 0.875 bits per heavy atom. The van der Waals surface area contributed by atoms with Gasteiger partial charge in [-0.25, -0.2) is 9.59 Å². The average Bonchev–Trinajstić information content (AvgIpc) is 3.06. The fraction of sp³-hybridized carbons (Fsp3) is 0.308. The third kappa shape index (κ3) is 9.61. The normalized spacial score (nSPS) is 13.7. The third-order valence-electron chi connectivity index (χ3n) is 8.49. The van der Waals surface area contributed by atoms with Crippen LogP contribution in [0.5, 0.6) is 11.5 Å². The number of aryl methyl sites for hydroxylation is 1. The van der Waals surface area contributed by atoms with Crippen LogP contribution in [-0.4, -0.2) is 46.8 Å². The zero-order valence-corrected chi connectivity index (χ0v) is 28.5. The van der Waals surface area contributed by atoms with Crippen LogP contribution in [0.25, 0.3) is 0 Å². The van der Waals surface area contributed by atoms with E-state index in [4.69, 9.17) is 31.3 Å². The average molecular weight is 672 g/mol. The summed E-state index contributed by atoms with van der Waals surface area (Å²) in [6, 6.07) is 26.6. The molecule has 0 bridgehead atoms. The van der Waals surface area contributed by atoms with E-state index >= 15 is 0 Å². The first-order chi connectivity index (χ1) is 22.9. The predicted octanol–water partition coefficient (Wildman–Crippen LogP) is 7.79. The molecule has 9 heteroatoms. The number of halogens is 1. The number of ether oxygens (including phenoxy) is 2. The van der Waals surface area contributed by atoms with Gasteiger partial charge in [-0.05, 0) is 129 Å². The van der Waals surface area contributed by atoms with Gasteiger partial charge < -0.3 is 25.0 Å². The van der Waals surface area contributed by atoms with Crippen molar-refractivity contribution < 1.29 is 34.1 Å². The topological polar surface area (TPSA) is 122 Å². The quantitative estimate of drug-likeness (QED) is 0.149. The molecule has 4 aromatic rings. The molecular weight excluding hydrogens is 630 g/mol. The largest absolute Gasteiger partial charge is 0.482 e. The standard InChI is InChI=1S/C20H22O3.C19H20ClNO4/c1-13-14(2)19(23-12-20(21)22)11-10-16(13)18-9-5-7-15-6-3-4-8-17(15)18;1-19(2,18(23)24)25-16-9-3-13(4-10-16)11-12-21-17(22)14-5-7-15(20)8-6-14/h3-4,6,8,10-11,18H,5,7,9,12H2,1-2H3,(H,21,22);3-10H,11-12H2,1-2H3,(H,21,22)(H,23,24). The van der Waals surface area contributed by atoms with Crippen molar-refractivity contribution >= 4 is 29.4 Å². The number of carboxylic acid groups (broad SMARTS) is 2. The van der Waals surface area contributed by atoms with Crippen LogP contribution >= 0.6 is 11.6 Å². The highest BCUT2D eigenvalue weighted by molar-refractivity contribution is 6.30. The Labute approximate surface area is 286 Å². The second kappa shape index (κ2) is 16.3. The van der Waals surface area contributed by atoms with Gasteiger partial charge in [0.25, 0.3) is 5.91 Å². The Balaban J connectivity index is 0.000000217. The van der Waals surface area contributed by atoms with Gasteiger partial charge in [0.05, 0.1) is 0 Å². The number of rotatable bonds is 11. The fourth-order valence-corrected chi connectivity index (χ4v) is 5.78. The summed E-state index contributed by atoms with van der Waals surface area (Å²) in [5.74, 6) is -0.556. The lowest BCUT2D eigenvalue weighted by Crippen LogP contribution is -2.37. The van der Waals surface area contributed by atoms with Crippen LogP contribution in [-0.2, 0) is 22.4 Å². The van der Waals surface area contributed by atoms with Crippen LogP contribution in [0.3, 0.4) is 0 Å². The molecule has 5 rings (SSSR count). The number of carboxylic acids is 2. The van der Waals surface area contributed by atoms with Crippen LogP contribution in [0.4, 0.5) is 0 Å². The minimum Gasteiger partial charge on any atom is -0.482 e. The van der Waals surface area contributed by atoms with E-state index in [9.17, 15) is 14.4 Å². The molecule has 0 saturated heterocycles. The van der Waals surface area contributed by atoms with Gasteiger partial charge in [-0.2, -0.15) is 0 Å². The molecule has 0 radical (unpaired) electrons. The molecule has 0 heterocycles. The van der Waals surface area contributed by atoms with Crippen molar-refractivity contribution in [3.8, 4) is 11.5 Å². The van der Waals surface area contributed by atoms with Crippen molar-refractivity contribution in [2.24, 2.45) is 0 Å². The van der Waals surface area contributed by atoms with Crippen LogP contribution in [0.15, 0.2) is 84.9 Å². The molecule has 0 aromatic heterocycles. The lowest BCUT2D eigenvalue weighted by atomic mass is 9.77. The minimum atomic E-state index is -1.28. The van der Waals surface area contributed by atoms with Crippen LogP contribution < -0.4 is 14.8 Å². The highest BCUT2D eigenvalue weighted by atomic mass is 35.5. The summed E-state index contributed by atoms with van der Waals surface area (Å²) in [5, 5.41) is 21.3. The summed E-state index contributed by atoms with van der Waals surface area (Å²) >= 11 is 5.80. The van der Waals surface area contributed by atoms with Crippen molar-refractivity contribution in [1.82, 2.24) is 5.32 Å². The molecule has 1 aliphatic rings. The Bertz CT molecular complexity index is 1730. The summed E-state index contributed by atoms with van der Waals surface area (Å²) in [5.41, 5.74) is 6.74. The van der Waals surface area contributed by atoms with Crippen molar-refractivity contribution in [3.63, 3.8) is 0 Å². The van der Waals surface area contributed by atoms with E-state index in [1.807, 2.05) is 25.1 Å². The fourth-order valence-electron chi connectivity index (χ4n) is 5.65. The lowest BCUT2D eigenvalue weighted by Gasteiger charge is -2.28. The van der Waals surface area contributed by atoms with E-state index in [1.54, 1.807) is 36.4 Å². The Kier molecular flexibility index (Phi) is 12.3. The number of hydrogen-bond donors (Lipinski definition) is 3. The van der Waals surface area contributed by atoms with Gasteiger partial charge >= 0.3 is 11.9 Å². The van der Waals surface area contributed by atoms with Crippen molar-refractivity contribution in [1.29, 1.82) is 0 Å². The third-order valence-corrected chi connectivity index (χ3v) is 8.74. The smallest absolute Gasteiger partial charge is 0.347 e. The zero-order valence-electron chi connectivity index (χ0n) is 27.7. The summed E-state index contributed by atoms with van der Waals surface area (Å²) in [6.07, 6.45) is 4.18. The number of fused-ring (bicyclic) bond motifs is 1. The van der Waals surface area contributed by atoms with Crippen LogP contribution in [0.2, 0.25) is 5.02 Å². The molecule has 3 N–H and O–H groups in total. The number of carbonyl (C=O) groups is 3. The van der Waals surface area contributed by atoms with E-state index in [-0.39, 0.29) is 12.5 Å². The highest BCUT2D eigenvalue weighted by Crippen LogP contribution is 2.40. The van der Waals surface area contributed by atoms with Crippen LogP contribution in [0.1, 0.15) is 76.3 Å². The van der Waals surface area contributed by atoms with Crippen molar-refractivity contribution in [2.45, 2.75) is 64.9 Å². The Morgan fingerprint density at radius 3 is 2.23 bits per heavy atom. The van der Waals surface area contributed by atoms with E-state index in [0.717, 1.165) is 24.0 Å². The maximum atomic E-state index is 12.0. The maximum Gasteiger partial charge on any atom is 0.347 e. The number of aliphatic carboxylic acids is 2. The second-order valence-corrected chi connectivity index (χ2v) is 12.7. The van der Waals surface area contributed by atoms with Gasteiger partial charge in [-0.15, -0.1) is 0 Å². The number of carbonyl (C=O) groups excluding carboxylic acids is 1. The molecule has 1 atom stereocenters. The van der Waals surface area contributed by atoms with Gasteiger partial charge in [-0.1, -0.05) is 54.1 Å². The molecule has 0 spiro atoms. The van der Waals surface area contributed by atoms with Crippen molar-refractivity contribution in [3.05, 3.63) is 129 Å². The zero-order chi connectivity index (χ0) is 34.8. The van der Waals surface area contributed by atoms with Crippen molar-refractivity contribution in [2.75, 3.05) is 13.2 Å². The first kappa shape index (κ1) is 36.0. The summed E-state index contributed by atoms with van der Waals surface area (Å²) in [6.45, 7) is 7.29. The SMILES string of the molecule is CC(C)(Oc1ccc(CCNC(=O)c2ccc(Cl)cc2)cc1)C(=O)O.Cc1c(OCC(=O)O)ccc(C2CCCc3ccccc32)c1C. The second-order valence-electron chi connectivity index (χ2n) is 12.3. The molecule has 1 amide bonds. The molecule has 1 aliphatic carbocycles. The molecule has 4 aromatic carbocycles. The summed E-state index contributed by atoms with van der Waals surface area (Å²) in [4.78, 5) is 33.7. The number of amides is 1. The van der Waals surface area contributed by atoms with Gasteiger partial charge in [0.2, 0.25) is 0 Å². The van der Waals surface area contributed by atoms with E-state index in [1.165, 1.54) is 42.5 Å². The summed E-state index contributed by atoms with van der Waals surface area (Å²) < 4.78 is 10.8. The molecule has 48 heavy (non-hydrogen) atoms. The Morgan fingerprint density at radius 2 is 1.56 bits per heavy atom. The first-order valence-corrected chi connectivity index (χ1v) is 16.3. The van der Waals surface area contributed by atoms with Crippen LogP contribution in [0, 0.1) is 13.8 Å². The van der Waals surface area contributed by atoms with Gasteiger partial charge in [-0.3, -0.25) is 4.79 Å². The predicted molar refractivity (Wildman–Crippen MR) is 187 cm³/mol. The number of nitrogens with one attached hydrogen (secondary N) is 1. The highest BCUT2D eigenvalue weighted by Gasteiger charge is 2.29. The Hall–Kier alpha value is -4.82. The monoisotopic (exact) mass is 671 g/mol. The molecule has 0 saturated carbocycles. The molecule has 1 unspecified atom stereocenters. The number of benzene rings is 4. The van der Waals surface area contributed by atoms with Gasteiger partial charge in [0.15, 0.2) is 12.2 Å².